The highest BCUT2D eigenvalue weighted by Crippen LogP contribution is 2.33. The summed E-state index contributed by atoms with van der Waals surface area (Å²) in [5.74, 6) is 2.40. The van der Waals surface area contributed by atoms with Crippen LogP contribution in [0.5, 0.6) is 11.5 Å². The molecule has 7 heteroatoms. The van der Waals surface area contributed by atoms with Gasteiger partial charge in [-0.1, -0.05) is 11.6 Å². The lowest BCUT2D eigenvalue weighted by Gasteiger charge is -2.21. The number of thioether (sulfide) groups is 1. The third kappa shape index (κ3) is 4.79. The van der Waals surface area contributed by atoms with Crippen LogP contribution in [0.4, 0.5) is 0 Å². The highest BCUT2D eigenvalue weighted by molar-refractivity contribution is 7.99. The Morgan fingerprint density at radius 1 is 1.22 bits per heavy atom. The van der Waals surface area contributed by atoms with Gasteiger partial charge in [0.05, 0.1) is 30.3 Å². The first-order valence-electron chi connectivity index (χ1n) is 8.76. The maximum Gasteiger partial charge on any atom is 0.287 e. The lowest BCUT2D eigenvalue weighted by atomic mass is 10.0. The van der Waals surface area contributed by atoms with E-state index in [1.807, 2.05) is 47.6 Å². The van der Waals surface area contributed by atoms with E-state index < -0.39 is 5.54 Å². The van der Waals surface area contributed by atoms with Crippen LogP contribution >= 0.6 is 23.4 Å². The fraction of sp³-hybridized carbons (Fsp3) is 0.500. The van der Waals surface area contributed by atoms with E-state index in [0.29, 0.717) is 17.3 Å². The normalized spacial score (nSPS) is 11.6. The van der Waals surface area contributed by atoms with Gasteiger partial charge >= 0.3 is 0 Å². The molecule has 0 saturated carbocycles. The topological polar surface area (TPSA) is 53.4 Å². The Morgan fingerprint density at radius 3 is 2.48 bits per heavy atom. The molecule has 0 unspecified atom stereocenters. The zero-order chi connectivity index (χ0) is 20.4. The summed E-state index contributed by atoms with van der Waals surface area (Å²) in [4.78, 5) is 13.1. The average Bonchev–Trinajstić information content (AvgIpc) is 2.59. The Bertz CT molecular complexity index is 888. The first-order valence-corrected chi connectivity index (χ1v) is 10.1. The lowest BCUT2D eigenvalue weighted by Crippen LogP contribution is -2.36. The van der Waals surface area contributed by atoms with Gasteiger partial charge in [0.25, 0.3) is 5.56 Å². The lowest BCUT2D eigenvalue weighted by molar-refractivity contribution is 0.335. The van der Waals surface area contributed by atoms with Crippen LogP contribution in [0.3, 0.4) is 0 Å². The van der Waals surface area contributed by atoms with E-state index in [1.165, 1.54) is 16.4 Å². The van der Waals surface area contributed by atoms with Crippen molar-refractivity contribution >= 4 is 23.4 Å². The Labute approximate surface area is 170 Å². The molecule has 0 radical (unpaired) electrons. The molecule has 1 aromatic carbocycles. The van der Waals surface area contributed by atoms with Gasteiger partial charge in [-0.25, -0.2) is 4.68 Å². The van der Waals surface area contributed by atoms with Crippen LogP contribution in [-0.4, -0.2) is 29.3 Å². The third-order valence-electron chi connectivity index (χ3n) is 4.31. The number of halogens is 1. The van der Waals surface area contributed by atoms with Gasteiger partial charge in [-0.15, -0.1) is 11.8 Å². The summed E-state index contributed by atoms with van der Waals surface area (Å²) >= 11 is 7.72. The fourth-order valence-corrected chi connectivity index (χ4v) is 3.76. The van der Waals surface area contributed by atoms with Crippen molar-refractivity contribution in [2.45, 2.75) is 52.0 Å². The monoisotopic (exact) mass is 410 g/mol. The van der Waals surface area contributed by atoms with Gasteiger partial charge in [0.15, 0.2) is 0 Å². The van der Waals surface area contributed by atoms with Crippen LogP contribution in [0.25, 0.3) is 0 Å². The van der Waals surface area contributed by atoms with Crippen molar-refractivity contribution in [3.05, 3.63) is 44.3 Å². The van der Waals surface area contributed by atoms with Gasteiger partial charge in [-0.05, 0) is 64.3 Å². The van der Waals surface area contributed by atoms with E-state index >= 15 is 0 Å². The van der Waals surface area contributed by atoms with Crippen molar-refractivity contribution in [2.24, 2.45) is 0 Å². The molecule has 0 aliphatic rings. The summed E-state index contributed by atoms with van der Waals surface area (Å²) in [6, 6.07) is 1.98. The van der Waals surface area contributed by atoms with Crippen molar-refractivity contribution in [3.8, 4) is 11.5 Å². The number of benzene rings is 1. The molecule has 0 saturated heterocycles. The van der Waals surface area contributed by atoms with E-state index in [-0.39, 0.29) is 10.6 Å². The maximum absolute atomic E-state index is 12.4. The molecule has 5 nitrogen and oxygen atoms in total. The summed E-state index contributed by atoms with van der Waals surface area (Å²) in [7, 11) is 1.67. The molecule has 0 N–H and O–H groups in total. The van der Waals surface area contributed by atoms with Crippen LogP contribution in [-0.2, 0) is 5.54 Å². The van der Waals surface area contributed by atoms with Crippen LogP contribution in [0, 0.1) is 20.8 Å². The second-order valence-corrected chi connectivity index (χ2v) is 8.90. The summed E-state index contributed by atoms with van der Waals surface area (Å²) in [5, 5.41) is 4.46. The zero-order valence-electron chi connectivity index (χ0n) is 17.0. The summed E-state index contributed by atoms with van der Waals surface area (Å²) in [5.41, 5.74) is 2.50. The summed E-state index contributed by atoms with van der Waals surface area (Å²) < 4.78 is 12.8. The number of hydrogen-bond donors (Lipinski definition) is 0. The summed E-state index contributed by atoms with van der Waals surface area (Å²) in [6.45, 7) is 12.3. The molecule has 0 aliphatic carbocycles. The highest BCUT2D eigenvalue weighted by atomic mass is 35.5. The third-order valence-corrected chi connectivity index (χ3v) is 5.78. The number of nitrogens with zero attached hydrogens (tertiary/aromatic N) is 2. The van der Waals surface area contributed by atoms with Crippen molar-refractivity contribution < 1.29 is 9.47 Å². The van der Waals surface area contributed by atoms with Gasteiger partial charge < -0.3 is 9.47 Å². The molecule has 0 bridgehead atoms. The molecule has 0 spiro atoms. The van der Waals surface area contributed by atoms with E-state index in [2.05, 4.69) is 5.10 Å². The van der Waals surface area contributed by atoms with E-state index in [9.17, 15) is 4.79 Å². The van der Waals surface area contributed by atoms with Crippen LogP contribution < -0.4 is 15.0 Å². The molecule has 0 amide bonds. The van der Waals surface area contributed by atoms with Crippen LogP contribution in [0.1, 0.15) is 37.5 Å². The minimum Gasteiger partial charge on any atom is -0.496 e. The molecule has 148 valence electrons. The zero-order valence-corrected chi connectivity index (χ0v) is 18.5. The average molecular weight is 411 g/mol. The van der Waals surface area contributed by atoms with Crippen molar-refractivity contribution in [3.63, 3.8) is 0 Å². The molecule has 0 atom stereocenters. The van der Waals surface area contributed by atoms with Gasteiger partial charge in [-0.2, -0.15) is 5.10 Å². The Hall–Kier alpha value is -1.66. The molecule has 27 heavy (non-hydrogen) atoms. The Balaban J connectivity index is 2.06. The van der Waals surface area contributed by atoms with E-state index in [4.69, 9.17) is 21.1 Å². The molecular formula is C20H27ClN2O3S. The second kappa shape index (κ2) is 8.57. The number of methoxy groups -OCH3 is 1. The van der Waals surface area contributed by atoms with Gasteiger partial charge in [0.1, 0.15) is 16.5 Å². The predicted octanol–water partition coefficient (Wildman–Crippen LogP) is 4.76. The minimum absolute atomic E-state index is 0.206. The number of rotatable bonds is 6. The van der Waals surface area contributed by atoms with Crippen molar-refractivity contribution in [1.29, 1.82) is 0 Å². The fourth-order valence-electron chi connectivity index (χ4n) is 2.75. The highest BCUT2D eigenvalue weighted by Gasteiger charge is 2.19. The van der Waals surface area contributed by atoms with E-state index in [1.54, 1.807) is 13.3 Å². The molecule has 2 rings (SSSR count). The maximum atomic E-state index is 12.4. The smallest absolute Gasteiger partial charge is 0.287 e. The number of ether oxygens (including phenoxy) is 2. The quantitative estimate of drug-likeness (QED) is 0.507. The minimum atomic E-state index is -0.408. The first-order chi connectivity index (χ1) is 12.6. The van der Waals surface area contributed by atoms with Gasteiger partial charge in [-0.3, -0.25) is 4.79 Å². The molecule has 1 aromatic heterocycles. The Kier molecular flexibility index (Phi) is 6.87. The van der Waals surface area contributed by atoms with Crippen molar-refractivity contribution in [2.75, 3.05) is 19.5 Å². The van der Waals surface area contributed by atoms with Gasteiger partial charge in [0, 0.05) is 5.75 Å². The number of aromatic nitrogens is 2. The molecular weight excluding hydrogens is 384 g/mol. The second-order valence-electron chi connectivity index (χ2n) is 7.38. The molecule has 2 aromatic rings. The molecule has 1 heterocycles. The molecule has 0 fully saturated rings. The standard InChI is InChI=1S/C20H27ClN2O3S/c1-12-10-15(25-7)13(2)14(3)18(12)26-8-9-27-16-11-22-23(20(4,5)6)19(24)17(16)21/h10-11H,8-9H2,1-7H3. The van der Waals surface area contributed by atoms with Crippen molar-refractivity contribution in [1.82, 2.24) is 9.78 Å². The largest absolute Gasteiger partial charge is 0.496 e. The molecule has 0 aliphatic heterocycles. The van der Waals surface area contributed by atoms with Crippen LogP contribution in [0.2, 0.25) is 5.02 Å². The van der Waals surface area contributed by atoms with E-state index in [0.717, 1.165) is 28.2 Å². The number of hydrogen-bond acceptors (Lipinski definition) is 5. The number of aryl methyl sites for hydroxylation is 1. The Morgan fingerprint density at radius 2 is 1.89 bits per heavy atom. The van der Waals surface area contributed by atoms with Gasteiger partial charge in [0.2, 0.25) is 0 Å². The first kappa shape index (κ1) is 21.6. The predicted molar refractivity (Wildman–Crippen MR) is 112 cm³/mol. The SMILES string of the molecule is COc1cc(C)c(OCCSc2cnn(C(C)(C)C)c(=O)c2Cl)c(C)c1C. The van der Waals surface area contributed by atoms with Crippen LogP contribution in [0.15, 0.2) is 22.0 Å². The summed E-state index contributed by atoms with van der Waals surface area (Å²) in [6.07, 6.45) is 1.65.